The van der Waals surface area contributed by atoms with Crippen molar-refractivity contribution in [2.75, 3.05) is 0 Å². The molecule has 2 unspecified atom stereocenters. The summed E-state index contributed by atoms with van der Waals surface area (Å²) in [6.45, 7) is 4.06. The van der Waals surface area contributed by atoms with Gasteiger partial charge in [-0.3, -0.25) is 5.14 Å². The van der Waals surface area contributed by atoms with Gasteiger partial charge in [0.05, 0.1) is 17.3 Å². The van der Waals surface area contributed by atoms with Gasteiger partial charge in [0.1, 0.15) is 11.6 Å². The van der Waals surface area contributed by atoms with Gasteiger partial charge < -0.3 is 4.57 Å². The monoisotopic (exact) mass is 551 g/mol. The second-order valence-corrected chi connectivity index (χ2v) is 11.0. The van der Waals surface area contributed by atoms with Crippen LogP contribution >= 0.6 is 46.9 Å². The molecule has 0 spiro atoms. The molecule has 0 amide bonds. The lowest BCUT2D eigenvalue weighted by Gasteiger charge is -2.25. The average Bonchev–Trinajstić information content (AvgIpc) is 3.38. The number of thioether (sulfide) groups is 1. The molecule has 3 aromatic rings. The largest absolute Gasteiger partial charge is 0.315 e. The summed E-state index contributed by atoms with van der Waals surface area (Å²) >= 11 is 15.2. The van der Waals surface area contributed by atoms with Crippen molar-refractivity contribution in [3.8, 4) is 0 Å². The second kappa shape index (κ2) is 11.1. The van der Waals surface area contributed by atoms with Crippen LogP contribution in [0.4, 0.5) is 8.78 Å². The van der Waals surface area contributed by atoms with Crippen molar-refractivity contribution in [2.45, 2.75) is 54.0 Å². The van der Waals surface area contributed by atoms with E-state index in [2.05, 4.69) is 11.5 Å². The van der Waals surface area contributed by atoms with E-state index in [-0.39, 0.29) is 23.1 Å². The van der Waals surface area contributed by atoms with Crippen LogP contribution in [0.1, 0.15) is 49.6 Å². The molecule has 9 heteroatoms. The van der Waals surface area contributed by atoms with E-state index in [1.807, 2.05) is 37.4 Å². The minimum Gasteiger partial charge on any atom is -0.315 e. The predicted octanol–water partition coefficient (Wildman–Crippen LogP) is 8.66. The van der Waals surface area contributed by atoms with Gasteiger partial charge in [-0.1, -0.05) is 60.1 Å². The van der Waals surface area contributed by atoms with Crippen molar-refractivity contribution in [3.05, 3.63) is 99.3 Å². The maximum Gasteiger partial charge on any atom is 0.169 e. The molecule has 1 aliphatic heterocycles. The van der Waals surface area contributed by atoms with Crippen molar-refractivity contribution in [3.63, 3.8) is 0 Å². The van der Waals surface area contributed by atoms with Crippen molar-refractivity contribution in [1.82, 2.24) is 9.55 Å². The molecule has 184 valence electrons. The maximum atomic E-state index is 14.2. The highest BCUT2D eigenvalue weighted by atomic mass is 35.5. The van der Waals surface area contributed by atoms with Crippen molar-refractivity contribution in [1.29, 1.82) is 0 Å². The highest BCUT2D eigenvalue weighted by Gasteiger charge is 2.43. The summed E-state index contributed by atoms with van der Waals surface area (Å²) in [4.78, 5) is 5.50. The first-order chi connectivity index (χ1) is 16.8. The molecular formula is C26H25Cl2F2N3S2. The fourth-order valence-electron chi connectivity index (χ4n) is 4.40. The molecule has 0 aliphatic carbocycles. The Balaban J connectivity index is 1.72. The summed E-state index contributed by atoms with van der Waals surface area (Å²) in [5, 5.41) is 7.61. The molecular weight excluding hydrogens is 527 g/mol. The molecule has 1 aromatic heterocycles. The van der Waals surface area contributed by atoms with Crippen LogP contribution in [0.25, 0.3) is 0 Å². The minimum atomic E-state index is -0.381. The fraction of sp³-hybridized carbons (Fsp3) is 0.269. The van der Waals surface area contributed by atoms with Gasteiger partial charge >= 0.3 is 0 Å². The second-order valence-electron chi connectivity index (χ2n) is 8.54. The first-order valence-corrected chi connectivity index (χ1v) is 13.7. The molecule has 2 aromatic carbocycles. The normalized spacial score (nSPS) is 20.1. The van der Waals surface area contributed by atoms with Crippen LogP contribution in [0, 0.1) is 5.82 Å². The number of aromatic nitrogens is 2. The van der Waals surface area contributed by atoms with Gasteiger partial charge in [0, 0.05) is 26.8 Å². The van der Waals surface area contributed by atoms with Crippen LogP contribution in [-0.2, 0) is 11.2 Å². The van der Waals surface area contributed by atoms with Crippen LogP contribution in [0.3, 0.4) is 0 Å². The van der Waals surface area contributed by atoms with Crippen LogP contribution in [0.15, 0.2) is 76.7 Å². The van der Waals surface area contributed by atoms with E-state index in [1.54, 1.807) is 12.1 Å². The zero-order chi connectivity index (χ0) is 25.2. The number of rotatable bonds is 8. The zero-order valence-electron chi connectivity index (χ0n) is 19.3. The lowest BCUT2D eigenvalue weighted by Crippen LogP contribution is -2.20. The Morgan fingerprint density at radius 3 is 2.77 bits per heavy atom. The third-order valence-electron chi connectivity index (χ3n) is 6.22. The number of hydrogen-bond donors (Lipinski definition) is 1. The number of nitrogens with zero attached hydrogens (tertiary/aromatic N) is 2. The summed E-state index contributed by atoms with van der Waals surface area (Å²) < 4.78 is 29.8. The van der Waals surface area contributed by atoms with Gasteiger partial charge in [0.15, 0.2) is 5.16 Å². The average molecular weight is 553 g/mol. The van der Waals surface area contributed by atoms with Crippen molar-refractivity contribution in [2.24, 2.45) is 5.14 Å². The molecule has 0 saturated heterocycles. The third-order valence-corrected chi connectivity index (χ3v) is 8.62. The molecule has 2 N–H and O–H groups in total. The van der Waals surface area contributed by atoms with Crippen LogP contribution in [0.5, 0.6) is 0 Å². The number of nitrogens with two attached hydrogens (primary N) is 1. The lowest BCUT2D eigenvalue weighted by atomic mass is 9.77. The maximum absolute atomic E-state index is 14.2. The Bertz CT molecular complexity index is 1290. The summed E-state index contributed by atoms with van der Waals surface area (Å²) in [5.41, 5.74) is 2.53. The molecule has 0 bridgehead atoms. The van der Waals surface area contributed by atoms with E-state index in [0.717, 1.165) is 45.2 Å². The molecule has 2 atom stereocenters. The Hall–Kier alpha value is -1.77. The van der Waals surface area contributed by atoms with Crippen LogP contribution in [0.2, 0.25) is 10.0 Å². The third kappa shape index (κ3) is 5.49. The first kappa shape index (κ1) is 26.3. The number of hydrogen-bond acceptors (Lipinski definition) is 4. The van der Waals surface area contributed by atoms with Gasteiger partial charge in [-0.25, -0.2) is 13.8 Å². The quantitative estimate of drug-likeness (QED) is 0.173. The summed E-state index contributed by atoms with van der Waals surface area (Å²) in [7, 11) is 0. The van der Waals surface area contributed by atoms with E-state index in [4.69, 9.17) is 33.3 Å². The van der Waals surface area contributed by atoms with E-state index in [1.165, 1.54) is 30.0 Å². The van der Waals surface area contributed by atoms with E-state index in [9.17, 15) is 8.78 Å². The van der Waals surface area contributed by atoms with Gasteiger partial charge in [0.25, 0.3) is 0 Å². The van der Waals surface area contributed by atoms with Crippen LogP contribution in [-0.4, -0.2) is 9.55 Å². The van der Waals surface area contributed by atoms with Gasteiger partial charge in [0.2, 0.25) is 0 Å². The smallest absolute Gasteiger partial charge is 0.169 e. The van der Waals surface area contributed by atoms with Crippen molar-refractivity contribution >= 4 is 46.9 Å². The number of fused-ring (bicyclic) bond motifs is 1. The van der Waals surface area contributed by atoms with E-state index >= 15 is 0 Å². The Morgan fingerprint density at radius 2 is 2.06 bits per heavy atom. The molecule has 1 aliphatic rings. The fourth-order valence-corrected chi connectivity index (χ4v) is 6.37. The van der Waals surface area contributed by atoms with Crippen LogP contribution < -0.4 is 5.14 Å². The SMILES string of the molecule is CC/C=C(F)\C=C/C1CC(C)(c2ccc(Cl)c(SN)c2)c2cnc(SCc3ccc(F)cc3Cl)n21. The first-order valence-electron chi connectivity index (χ1n) is 11.1. The molecule has 0 radical (unpaired) electrons. The van der Waals surface area contributed by atoms with Gasteiger partial charge in [-0.15, -0.1) is 0 Å². The topological polar surface area (TPSA) is 43.8 Å². The minimum absolute atomic E-state index is 0.107. The molecule has 3 nitrogen and oxygen atoms in total. The molecule has 2 heterocycles. The molecule has 0 fully saturated rings. The highest BCUT2D eigenvalue weighted by Crippen LogP contribution is 2.49. The van der Waals surface area contributed by atoms with Crippen molar-refractivity contribution < 1.29 is 8.78 Å². The number of benzene rings is 2. The standard InChI is InChI=1S/C26H25Cl2F2N3S2/c1-3-4-18(29)8-9-20-13-26(2,17-6-10-21(27)23(11-17)35-31)24-14-32-25(33(20)24)34-15-16-5-7-19(30)12-22(16)28/h4-12,14,20H,3,13,15,31H2,1-2H3/b9-8-,18-4+. The number of halogens is 4. The van der Waals surface area contributed by atoms with E-state index in [0.29, 0.717) is 22.2 Å². The van der Waals surface area contributed by atoms with E-state index < -0.39 is 0 Å². The summed E-state index contributed by atoms with van der Waals surface area (Å²) in [6.07, 6.45) is 8.19. The summed E-state index contributed by atoms with van der Waals surface area (Å²) in [6, 6.07) is 10.2. The Kier molecular flexibility index (Phi) is 8.34. The Morgan fingerprint density at radius 1 is 1.26 bits per heavy atom. The molecule has 35 heavy (non-hydrogen) atoms. The molecule has 4 rings (SSSR count). The number of imidazole rings is 1. The van der Waals surface area contributed by atoms with Gasteiger partial charge in [-0.05, 0) is 79.3 Å². The molecule has 0 saturated carbocycles. The summed E-state index contributed by atoms with van der Waals surface area (Å²) in [5.74, 6) is -0.100. The lowest BCUT2D eigenvalue weighted by molar-refractivity contribution is 0.510. The highest BCUT2D eigenvalue weighted by molar-refractivity contribution is 7.98. The van der Waals surface area contributed by atoms with Gasteiger partial charge in [-0.2, -0.15) is 0 Å². The zero-order valence-corrected chi connectivity index (χ0v) is 22.4. The number of allylic oxidation sites excluding steroid dienone is 4. The Labute approximate surface area is 222 Å². The predicted molar refractivity (Wildman–Crippen MR) is 143 cm³/mol.